The normalized spacial score (nSPS) is 11.5. The van der Waals surface area contributed by atoms with Crippen LogP contribution < -0.4 is 10.1 Å². The van der Waals surface area contributed by atoms with E-state index in [1.807, 2.05) is 19.1 Å². The highest BCUT2D eigenvalue weighted by Crippen LogP contribution is 2.13. The third-order valence-electron chi connectivity index (χ3n) is 2.83. The number of rotatable bonds is 7. The molecule has 0 heterocycles. The molecule has 18 heavy (non-hydrogen) atoms. The summed E-state index contributed by atoms with van der Waals surface area (Å²) in [5.41, 5.74) is 1.36. The largest absolute Gasteiger partial charge is 0.481 e. The Morgan fingerprint density at radius 1 is 1.28 bits per heavy atom. The lowest BCUT2D eigenvalue weighted by molar-refractivity contribution is 0.370. The van der Waals surface area contributed by atoms with Gasteiger partial charge in [0.15, 0.2) is 0 Å². The van der Waals surface area contributed by atoms with Crippen LogP contribution in [0.25, 0.3) is 0 Å². The van der Waals surface area contributed by atoms with Gasteiger partial charge in [-0.05, 0) is 50.9 Å². The summed E-state index contributed by atoms with van der Waals surface area (Å²) < 4.78 is 5.48. The van der Waals surface area contributed by atoms with Crippen molar-refractivity contribution in [3.8, 4) is 17.6 Å². The number of aryl methyl sites for hydroxylation is 1. The summed E-state index contributed by atoms with van der Waals surface area (Å²) in [6, 6.07) is 8.88. The van der Waals surface area contributed by atoms with E-state index in [1.165, 1.54) is 5.56 Å². The molecular weight excluding hydrogens is 222 g/mol. The summed E-state index contributed by atoms with van der Waals surface area (Å²) >= 11 is 0. The second-order valence-electron chi connectivity index (χ2n) is 4.36. The Hall–Kier alpha value is -1.46. The molecular formula is C16H23NO. The van der Waals surface area contributed by atoms with Crippen LogP contribution in [0.1, 0.15) is 32.8 Å². The molecule has 0 amide bonds. The lowest BCUT2D eigenvalue weighted by Crippen LogP contribution is -2.25. The van der Waals surface area contributed by atoms with Gasteiger partial charge in [0.2, 0.25) is 0 Å². The quantitative estimate of drug-likeness (QED) is 0.746. The van der Waals surface area contributed by atoms with Crippen LogP contribution in [0.3, 0.4) is 0 Å². The summed E-state index contributed by atoms with van der Waals surface area (Å²) in [6.45, 7) is 7.68. The Morgan fingerprint density at radius 2 is 2.00 bits per heavy atom. The van der Waals surface area contributed by atoms with Gasteiger partial charge in [0, 0.05) is 6.04 Å². The summed E-state index contributed by atoms with van der Waals surface area (Å²) in [5.74, 6) is 6.59. The zero-order chi connectivity index (χ0) is 13.2. The zero-order valence-electron chi connectivity index (χ0n) is 11.6. The topological polar surface area (TPSA) is 21.3 Å². The van der Waals surface area contributed by atoms with Crippen LogP contribution in [0.4, 0.5) is 0 Å². The Labute approximate surface area is 111 Å². The van der Waals surface area contributed by atoms with Gasteiger partial charge in [0.05, 0.1) is 0 Å². The molecule has 98 valence electrons. The van der Waals surface area contributed by atoms with Gasteiger partial charge in [-0.1, -0.05) is 25.0 Å². The van der Waals surface area contributed by atoms with Crippen LogP contribution in [-0.2, 0) is 6.42 Å². The maximum Gasteiger partial charge on any atom is 0.149 e. The van der Waals surface area contributed by atoms with Crippen LogP contribution in [0.2, 0.25) is 0 Å². The van der Waals surface area contributed by atoms with Crippen molar-refractivity contribution in [1.29, 1.82) is 0 Å². The molecule has 1 unspecified atom stereocenters. The molecule has 1 N–H and O–H groups in total. The van der Waals surface area contributed by atoms with Gasteiger partial charge in [0.1, 0.15) is 12.4 Å². The molecule has 2 nitrogen and oxygen atoms in total. The van der Waals surface area contributed by atoms with Crippen LogP contribution in [0.15, 0.2) is 24.3 Å². The summed E-state index contributed by atoms with van der Waals surface area (Å²) in [5, 5.41) is 3.42. The average molecular weight is 245 g/mol. The first kappa shape index (κ1) is 14.6. The Morgan fingerprint density at radius 3 is 2.61 bits per heavy atom. The summed E-state index contributed by atoms with van der Waals surface area (Å²) in [6.07, 6.45) is 2.26. The van der Waals surface area contributed by atoms with Gasteiger partial charge in [-0.3, -0.25) is 0 Å². The molecule has 0 fully saturated rings. The smallest absolute Gasteiger partial charge is 0.149 e. The maximum atomic E-state index is 5.48. The highest BCUT2D eigenvalue weighted by molar-refractivity contribution is 5.27. The van der Waals surface area contributed by atoms with E-state index in [0.29, 0.717) is 12.6 Å². The third kappa shape index (κ3) is 5.75. The van der Waals surface area contributed by atoms with Crippen LogP contribution in [-0.4, -0.2) is 19.2 Å². The predicted octanol–water partition coefficient (Wildman–Crippen LogP) is 3.02. The molecule has 0 aromatic heterocycles. The van der Waals surface area contributed by atoms with E-state index in [-0.39, 0.29) is 0 Å². The standard InChI is InChI=1S/C16H23NO/c1-4-6-13-18-16-11-9-15(10-12-16)8-7-14(3)17-5-2/h9-12,14,17H,5,7-8,13H2,1-3H3. The molecule has 1 rings (SSSR count). The van der Waals surface area contributed by atoms with E-state index in [9.17, 15) is 0 Å². The molecule has 1 aromatic carbocycles. The van der Waals surface area contributed by atoms with E-state index in [4.69, 9.17) is 4.74 Å². The number of hydrogen-bond donors (Lipinski definition) is 1. The van der Waals surface area contributed by atoms with Crippen molar-refractivity contribution in [2.45, 2.75) is 39.7 Å². The second-order valence-corrected chi connectivity index (χ2v) is 4.36. The predicted molar refractivity (Wildman–Crippen MR) is 76.8 cm³/mol. The molecule has 0 aliphatic heterocycles. The first-order valence-electron chi connectivity index (χ1n) is 6.61. The van der Waals surface area contributed by atoms with E-state index in [1.54, 1.807) is 0 Å². The molecule has 1 aromatic rings. The Bertz CT molecular complexity index is 386. The fourth-order valence-corrected chi connectivity index (χ4v) is 1.78. The number of hydrogen-bond acceptors (Lipinski definition) is 2. The SMILES string of the molecule is CC#CCOc1ccc(CCC(C)NCC)cc1. The summed E-state index contributed by atoms with van der Waals surface area (Å²) in [4.78, 5) is 0. The van der Waals surface area contributed by atoms with Crippen molar-refractivity contribution in [3.63, 3.8) is 0 Å². The van der Waals surface area contributed by atoms with Gasteiger partial charge in [-0.15, -0.1) is 5.92 Å². The Balaban J connectivity index is 2.37. The monoisotopic (exact) mass is 245 g/mol. The number of ether oxygens (including phenoxy) is 1. The van der Waals surface area contributed by atoms with Crippen molar-refractivity contribution in [2.75, 3.05) is 13.2 Å². The molecule has 0 saturated carbocycles. The van der Waals surface area contributed by atoms with Gasteiger partial charge in [0.25, 0.3) is 0 Å². The van der Waals surface area contributed by atoms with Crippen LogP contribution >= 0.6 is 0 Å². The third-order valence-corrected chi connectivity index (χ3v) is 2.83. The highest BCUT2D eigenvalue weighted by atomic mass is 16.5. The van der Waals surface area contributed by atoms with Crippen molar-refractivity contribution >= 4 is 0 Å². The van der Waals surface area contributed by atoms with Gasteiger partial charge >= 0.3 is 0 Å². The lowest BCUT2D eigenvalue weighted by atomic mass is 10.1. The first-order valence-corrected chi connectivity index (χ1v) is 6.61. The van der Waals surface area contributed by atoms with Gasteiger partial charge < -0.3 is 10.1 Å². The average Bonchev–Trinajstić information content (AvgIpc) is 2.38. The summed E-state index contributed by atoms with van der Waals surface area (Å²) in [7, 11) is 0. The molecule has 1 atom stereocenters. The van der Waals surface area contributed by atoms with Crippen molar-refractivity contribution in [3.05, 3.63) is 29.8 Å². The van der Waals surface area contributed by atoms with Crippen molar-refractivity contribution < 1.29 is 4.74 Å². The van der Waals surface area contributed by atoms with Crippen LogP contribution in [0, 0.1) is 11.8 Å². The zero-order valence-corrected chi connectivity index (χ0v) is 11.6. The van der Waals surface area contributed by atoms with E-state index in [2.05, 4.69) is 43.1 Å². The fourth-order valence-electron chi connectivity index (χ4n) is 1.78. The molecule has 0 aliphatic carbocycles. The second kappa shape index (κ2) is 8.60. The fraction of sp³-hybridized carbons (Fsp3) is 0.500. The first-order chi connectivity index (χ1) is 8.76. The minimum atomic E-state index is 0.466. The molecule has 2 heteroatoms. The van der Waals surface area contributed by atoms with Crippen molar-refractivity contribution in [2.24, 2.45) is 0 Å². The van der Waals surface area contributed by atoms with E-state index >= 15 is 0 Å². The maximum absolute atomic E-state index is 5.48. The van der Waals surface area contributed by atoms with Gasteiger partial charge in [-0.2, -0.15) is 0 Å². The number of benzene rings is 1. The number of nitrogens with one attached hydrogen (secondary N) is 1. The Kier molecular flexibility index (Phi) is 6.98. The highest BCUT2D eigenvalue weighted by Gasteiger charge is 2.01. The molecule has 0 aliphatic rings. The lowest BCUT2D eigenvalue weighted by Gasteiger charge is -2.12. The minimum absolute atomic E-state index is 0.466. The van der Waals surface area contributed by atoms with Crippen LogP contribution in [0.5, 0.6) is 5.75 Å². The van der Waals surface area contributed by atoms with E-state index in [0.717, 1.165) is 25.1 Å². The van der Waals surface area contributed by atoms with Crippen molar-refractivity contribution in [1.82, 2.24) is 5.32 Å². The molecule has 0 bridgehead atoms. The van der Waals surface area contributed by atoms with E-state index < -0.39 is 0 Å². The molecule has 0 saturated heterocycles. The minimum Gasteiger partial charge on any atom is -0.481 e. The van der Waals surface area contributed by atoms with Gasteiger partial charge in [-0.25, -0.2) is 0 Å². The molecule has 0 radical (unpaired) electrons. The molecule has 0 spiro atoms.